The number of epoxide rings is 1. The van der Waals surface area contributed by atoms with Gasteiger partial charge in [0.15, 0.2) is 0 Å². The van der Waals surface area contributed by atoms with E-state index in [0.29, 0.717) is 6.42 Å². The molecular weight excluding hydrogens is 516 g/mol. The average Bonchev–Trinajstić information content (AvgIpc) is 3.68. The zero-order valence-electron chi connectivity index (χ0n) is 24.7. The standard InChI is InChI=1S/C30H44N2O8/c1-8-24(34)21(5)29-25(39-29)16-18(2)10-9-11-19(3)28-20(4)12-13-26(38-22(6)33)30(7,32-37)15-14-23(31-36)17-27(35)40-28/h9-13,18,20-21,23,25-26,28-29H,8,14-17H2,1-7H3/b10-9+,13-12+,19-11+. The molecule has 0 amide bonds. The predicted molar refractivity (Wildman–Crippen MR) is 151 cm³/mol. The van der Waals surface area contributed by atoms with E-state index in [1.54, 1.807) is 19.1 Å². The fourth-order valence-electron chi connectivity index (χ4n) is 5.05. The van der Waals surface area contributed by atoms with Gasteiger partial charge in [0, 0.05) is 25.2 Å². The zero-order chi connectivity index (χ0) is 30.0. The minimum atomic E-state index is -1.33. The lowest BCUT2D eigenvalue weighted by atomic mass is 9.86. The molecule has 0 radical (unpaired) electrons. The largest absolute Gasteiger partial charge is 0.457 e. The van der Waals surface area contributed by atoms with Crippen molar-refractivity contribution >= 4 is 17.7 Å². The monoisotopic (exact) mass is 560 g/mol. The third-order valence-corrected chi connectivity index (χ3v) is 7.80. The molecule has 0 N–H and O–H groups in total. The molecule has 10 nitrogen and oxygen atoms in total. The van der Waals surface area contributed by atoms with Gasteiger partial charge in [-0.2, -0.15) is 9.81 Å². The highest BCUT2D eigenvalue weighted by atomic mass is 16.6. The van der Waals surface area contributed by atoms with Gasteiger partial charge in [-0.1, -0.05) is 62.4 Å². The molecule has 40 heavy (non-hydrogen) atoms. The van der Waals surface area contributed by atoms with E-state index < -0.39 is 35.7 Å². The Kier molecular flexibility index (Phi) is 12.5. The molecule has 2 rings (SSSR count). The van der Waals surface area contributed by atoms with Crippen molar-refractivity contribution in [3.05, 3.63) is 45.8 Å². The van der Waals surface area contributed by atoms with Crippen molar-refractivity contribution in [1.29, 1.82) is 0 Å². The third-order valence-electron chi connectivity index (χ3n) is 7.80. The number of ketones is 1. The van der Waals surface area contributed by atoms with Crippen LogP contribution in [0.4, 0.5) is 0 Å². The number of nitrogens with zero attached hydrogens (tertiary/aromatic N) is 2. The molecule has 0 aromatic carbocycles. The van der Waals surface area contributed by atoms with Gasteiger partial charge in [-0.25, -0.2) is 0 Å². The molecule has 2 aliphatic rings. The first kappa shape index (κ1) is 33.2. The van der Waals surface area contributed by atoms with E-state index >= 15 is 0 Å². The normalized spacial score (nSPS) is 34.0. The summed E-state index contributed by atoms with van der Waals surface area (Å²) >= 11 is 0. The fraction of sp³-hybridized carbons (Fsp3) is 0.700. The summed E-state index contributed by atoms with van der Waals surface area (Å²) in [6.07, 6.45) is 8.89. The van der Waals surface area contributed by atoms with Crippen LogP contribution in [0.3, 0.4) is 0 Å². The fourth-order valence-corrected chi connectivity index (χ4v) is 5.05. The summed E-state index contributed by atoms with van der Waals surface area (Å²) < 4.78 is 16.9. The summed E-state index contributed by atoms with van der Waals surface area (Å²) in [5.74, 6) is -1.15. The number of nitroso groups, excluding NO2 is 2. The van der Waals surface area contributed by atoms with Crippen LogP contribution in [0, 0.1) is 27.6 Å². The molecule has 1 fully saturated rings. The van der Waals surface area contributed by atoms with E-state index in [1.165, 1.54) is 6.92 Å². The minimum Gasteiger partial charge on any atom is -0.457 e. The van der Waals surface area contributed by atoms with Gasteiger partial charge in [0.2, 0.25) is 0 Å². The molecule has 0 spiro atoms. The van der Waals surface area contributed by atoms with Crippen molar-refractivity contribution in [3.8, 4) is 0 Å². The van der Waals surface area contributed by atoms with Gasteiger partial charge in [0.05, 0.1) is 18.6 Å². The number of carbonyl (C=O) groups excluding carboxylic acids is 3. The number of rotatable bonds is 11. The summed E-state index contributed by atoms with van der Waals surface area (Å²) in [5.41, 5.74) is -0.566. The highest BCUT2D eigenvalue weighted by Gasteiger charge is 2.45. The molecule has 0 saturated carbocycles. The highest BCUT2D eigenvalue weighted by Crippen LogP contribution is 2.35. The molecule has 0 aromatic heterocycles. The van der Waals surface area contributed by atoms with Crippen LogP contribution in [0.2, 0.25) is 0 Å². The van der Waals surface area contributed by atoms with Crippen LogP contribution in [-0.2, 0) is 28.6 Å². The lowest BCUT2D eigenvalue weighted by molar-refractivity contribution is -0.149. The molecule has 2 aliphatic heterocycles. The van der Waals surface area contributed by atoms with E-state index in [0.717, 1.165) is 12.0 Å². The molecular formula is C30H44N2O8. The van der Waals surface area contributed by atoms with E-state index in [1.807, 2.05) is 45.9 Å². The molecule has 0 aliphatic carbocycles. The number of hydrogen-bond donors (Lipinski definition) is 0. The Morgan fingerprint density at radius 3 is 2.52 bits per heavy atom. The summed E-state index contributed by atoms with van der Waals surface area (Å²) in [7, 11) is 0. The minimum absolute atomic E-state index is 0.0133. The molecule has 9 unspecified atom stereocenters. The number of cyclic esters (lactones) is 1. The van der Waals surface area contributed by atoms with Crippen LogP contribution in [0.15, 0.2) is 46.3 Å². The lowest BCUT2D eigenvalue weighted by Gasteiger charge is -2.31. The van der Waals surface area contributed by atoms with Gasteiger partial charge < -0.3 is 14.2 Å². The second-order valence-electron chi connectivity index (χ2n) is 11.4. The number of ether oxygens (including phenoxy) is 3. The zero-order valence-corrected chi connectivity index (χ0v) is 24.7. The topological polar surface area (TPSA) is 141 Å². The van der Waals surface area contributed by atoms with Gasteiger partial charge in [0.1, 0.15) is 29.6 Å². The Morgan fingerprint density at radius 2 is 1.93 bits per heavy atom. The van der Waals surface area contributed by atoms with Crippen LogP contribution in [-0.4, -0.2) is 53.7 Å². The lowest BCUT2D eigenvalue weighted by Crippen LogP contribution is -2.40. The summed E-state index contributed by atoms with van der Waals surface area (Å²) in [5, 5.41) is 6.29. The molecule has 9 atom stereocenters. The Balaban J connectivity index is 2.20. The van der Waals surface area contributed by atoms with Crippen molar-refractivity contribution < 1.29 is 28.6 Å². The maximum atomic E-state index is 12.8. The first-order chi connectivity index (χ1) is 18.8. The maximum absolute atomic E-state index is 12.8. The average molecular weight is 561 g/mol. The Bertz CT molecular complexity index is 1020. The van der Waals surface area contributed by atoms with E-state index in [2.05, 4.69) is 17.3 Å². The quantitative estimate of drug-likeness (QED) is 0.102. The van der Waals surface area contributed by atoms with Gasteiger partial charge in [-0.05, 0) is 50.7 Å². The highest BCUT2D eigenvalue weighted by molar-refractivity contribution is 5.81. The van der Waals surface area contributed by atoms with Crippen LogP contribution in [0.1, 0.15) is 80.6 Å². The molecule has 0 aromatic rings. The van der Waals surface area contributed by atoms with Crippen LogP contribution in [0.25, 0.3) is 0 Å². The number of allylic oxidation sites excluding steroid dienone is 3. The summed E-state index contributed by atoms with van der Waals surface area (Å²) in [6.45, 7) is 12.4. The summed E-state index contributed by atoms with van der Waals surface area (Å²) in [4.78, 5) is 59.7. The van der Waals surface area contributed by atoms with Gasteiger partial charge in [-0.3, -0.25) is 14.4 Å². The SMILES string of the molecule is CCC(=O)C(C)C1OC1CC(C)/C=C/C=C(\C)C1OC(=O)CC(N=O)CCC(C)(N=O)C(OC(C)=O)/C=C/C1C. The first-order valence-electron chi connectivity index (χ1n) is 14.1. The van der Waals surface area contributed by atoms with Crippen LogP contribution in [0.5, 0.6) is 0 Å². The number of Topliss-reactive ketones (excluding diaryl/α,β-unsaturated/α-hetero) is 1. The molecule has 10 heteroatoms. The first-order valence-corrected chi connectivity index (χ1v) is 14.1. The van der Waals surface area contributed by atoms with E-state index in [-0.39, 0.29) is 55.0 Å². The molecule has 2 heterocycles. The summed E-state index contributed by atoms with van der Waals surface area (Å²) in [6, 6.07) is -0.903. The number of hydrogen-bond acceptors (Lipinski definition) is 10. The van der Waals surface area contributed by atoms with Gasteiger partial charge in [0.25, 0.3) is 0 Å². The van der Waals surface area contributed by atoms with Crippen molar-refractivity contribution in [3.63, 3.8) is 0 Å². The molecule has 0 bridgehead atoms. The van der Waals surface area contributed by atoms with Crippen molar-refractivity contribution in [2.45, 2.75) is 117 Å². The van der Waals surface area contributed by atoms with E-state index in [4.69, 9.17) is 14.2 Å². The Labute approximate surface area is 236 Å². The Hall–Kier alpha value is -3.01. The second-order valence-corrected chi connectivity index (χ2v) is 11.4. The van der Waals surface area contributed by atoms with Crippen molar-refractivity contribution in [2.75, 3.05) is 0 Å². The molecule has 222 valence electrons. The smallest absolute Gasteiger partial charge is 0.308 e. The van der Waals surface area contributed by atoms with Crippen LogP contribution < -0.4 is 0 Å². The van der Waals surface area contributed by atoms with Gasteiger partial charge >= 0.3 is 11.9 Å². The van der Waals surface area contributed by atoms with E-state index in [9.17, 15) is 24.2 Å². The predicted octanol–water partition coefficient (Wildman–Crippen LogP) is 5.78. The van der Waals surface area contributed by atoms with Gasteiger partial charge in [-0.15, -0.1) is 0 Å². The number of carbonyl (C=O) groups is 3. The van der Waals surface area contributed by atoms with Crippen molar-refractivity contribution in [2.24, 2.45) is 28.1 Å². The Morgan fingerprint density at radius 1 is 1.23 bits per heavy atom. The van der Waals surface area contributed by atoms with Crippen molar-refractivity contribution in [1.82, 2.24) is 0 Å². The third kappa shape index (κ3) is 9.57. The second kappa shape index (κ2) is 15.1. The number of esters is 2. The maximum Gasteiger partial charge on any atom is 0.308 e. The van der Waals surface area contributed by atoms with Crippen LogP contribution >= 0.6 is 0 Å². The molecule has 1 saturated heterocycles.